The monoisotopic (exact) mass is 990 g/mol. The number of furan rings is 1. The van der Waals surface area contributed by atoms with Crippen LogP contribution in [0.2, 0.25) is 0 Å². The van der Waals surface area contributed by atoms with Crippen molar-refractivity contribution in [1.29, 1.82) is 0 Å². The fourth-order valence-corrected chi connectivity index (χ4v) is 11.5. The maximum Gasteiger partial charge on any atom is 0.136 e. The third kappa shape index (κ3) is 8.90. The number of hydrogen-bond acceptors (Lipinski definition) is 3. The highest BCUT2D eigenvalue weighted by Gasteiger charge is 2.25. The minimum atomic E-state index is 0.271. The van der Waals surface area contributed by atoms with Crippen LogP contribution >= 0.6 is 0 Å². The second-order valence-electron chi connectivity index (χ2n) is 20.9. The molecule has 1 heterocycles. The lowest BCUT2D eigenvalue weighted by atomic mass is 9.92. The Morgan fingerprint density at radius 3 is 1.01 bits per heavy atom. The van der Waals surface area contributed by atoms with Crippen LogP contribution in [0.3, 0.4) is 0 Å². The largest absolute Gasteiger partial charge is 0.456 e. The number of nitrogens with zero attached hydrogens (tertiary/aromatic N) is 2. The average molecular weight is 991 g/mol. The summed E-state index contributed by atoms with van der Waals surface area (Å²) < 4.78 is 6.97. The zero-order valence-electron chi connectivity index (χ0n) is 43.9. The molecule has 3 heteroatoms. The van der Waals surface area contributed by atoms with Gasteiger partial charge >= 0.3 is 0 Å². The summed E-state index contributed by atoms with van der Waals surface area (Å²) in [5.74, 6) is 0.541. The van der Waals surface area contributed by atoms with Gasteiger partial charge in [-0.15, -0.1) is 0 Å². The van der Waals surface area contributed by atoms with Crippen molar-refractivity contribution in [2.45, 2.75) is 39.5 Å². The van der Waals surface area contributed by atoms with E-state index in [0.29, 0.717) is 0 Å². The van der Waals surface area contributed by atoms with E-state index in [4.69, 9.17) is 4.42 Å². The average Bonchev–Trinajstić information content (AvgIpc) is 3.91. The molecule has 0 radical (unpaired) electrons. The third-order valence-corrected chi connectivity index (χ3v) is 15.3. The maximum atomic E-state index is 6.97. The van der Waals surface area contributed by atoms with Crippen LogP contribution in [-0.4, -0.2) is 0 Å². The van der Waals surface area contributed by atoms with Crippen LogP contribution < -0.4 is 9.80 Å². The van der Waals surface area contributed by atoms with Gasteiger partial charge in [0.15, 0.2) is 0 Å². The van der Waals surface area contributed by atoms with Crippen molar-refractivity contribution < 1.29 is 4.42 Å². The van der Waals surface area contributed by atoms with Crippen molar-refractivity contribution in [3.63, 3.8) is 0 Å². The summed E-state index contributed by atoms with van der Waals surface area (Å²) in [6.07, 6.45) is 0. The second kappa shape index (κ2) is 20.0. The molecular weight excluding hydrogens is 933 g/mol. The quantitative estimate of drug-likeness (QED) is 0.122. The molecule has 0 aliphatic carbocycles. The summed E-state index contributed by atoms with van der Waals surface area (Å²) in [4.78, 5) is 4.94. The van der Waals surface area contributed by atoms with Gasteiger partial charge in [-0.2, -0.15) is 0 Å². The van der Waals surface area contributed by atoms with Crippen molar-refractivity contribution in [3.8, 4) is 44.5 Å². The molecule has 0 N–H and O–H groups in total. The van der Waals surface area contributed by atoms with Crippen LogP contribution in [0.1, 0.15) is 50.7 Å². The number of anilines is 6. The first-order chi connectivity index (χ1) is 37.8. The van der Waals surface area contributed by atoms with Crippen molar-refractivity contribution in [2.75, 3.05) is 9.80 Å². The fourth-order valence-electron chi connectivity index (χ4n) is 11.5. The van der Waals surface area contributed by atoms with Gasteiger partial charge < -0.3 is 14.2 Å². The summed E-state index contributed by atoms with van der Waals surface area (Å²) in [7, 11) is 0. The maximum absolute atomic E-state index is 6.97. The van der Waals surface area contributed by atoms with E-state index in [0.717, 1.165) is 66.2 Å². The molecule has 0 aliphatic heterocycles. The van der Waals surface area contributed by atoms with E-state index in [1.807, 2.05) is 0 Å². The molecule has 0 spiro atoms. The highest BCUT2D eigenvalue weighted by molar-refractivity contribution is 6.14. The Morgan fingerprint density at radius 2 is 0.623 bits per heavy atom. The first-order valence-corrected chi connectivity index (χ1v) is 26.9. The van der Waals surface area contributed by atoms with Gasteiger partial charge in [-0.25, -0.2) is 0 Å². The van der Waals surface area contributed by atoms with Crippen molar-refractivity contribution in [3.05, 3.63) is 278 Å². The number of hydrogen-bond donors (Lipinski definition) is 0. The van der Waals surface area contributed by atoms with Gasteiger partial charge in [0.25, 0.3) is 0 Å². The first-order valence-electron chi connectivity index (χ1n) is 26.9. The van der Waals surface area contributed by atoms with E-state index in [2.05, 4.69) is 304 Å². The second-order valence-corrected chi connectivity index (χ2v) is 20.9. The van der Waals surface area contributed by atoms with Crippen LogP contribution in [0, 0.1) is 0 Å². The van der Waals surface area contributed by atoms with Gasteiger partial charge in [0.2, 0.25) is 0 Å². The van der Waals surface area contributed by atoms with Crippen LogP contribution in [0.25, 0.3) is 88.0 Å². The lowest BCUT2D eigenvalue weighted by molar-refractivity contribution is 0.670. The van der Waals surface area contributed by atoms with Gasteiger partial charge in [0, 0.05) is 44.6 Å². The molecule has 77 heavy (non-hydrogen) atoms. The molecule has 0 aliphatic rings. The SMILES string of the molecule is CC(C)c1cccc(-c2ccccc2)c1N(c1cccc(-c2ccccc2)c1)c1ccc2cc3c(cc2c1)oc1cc2cc(N(c4cccc(-c5ccccc5)c4)c4c(-c5ccccc5)cccc4C(C)C)ccc2cc13. The third-order valence-electron chi connectivity index (χ3n) is 15.3. The Balaban J connectivity index is 0.964. The number of benzene rings is 12. The Morgan fingerprint density at radius 1 is 0.273 bits per heavy atom. The molecule has 0 atom stereocenters. The number of rotatable bonds is 12. The Bertz CT molecular complexity index is 4000. The number of fused-ring (bicyclic) bond motifs is 5. The normalized spacial score (nSPS) is 11.6. The molecular formula is C74H58N2O. The van der Waals surface area contributed by atoms with Crippen LogP contribution in [0.15, 0.2) is 271 Å². The lowest BCUT2D eigenvalue weighted by Gasteiger charge is -2.32. The smallest absolute Gasteiger partial charge is 0.136 e. The van der Waals surface area contributed by atoms with Crippen molar-refractivity contribution in [1.82, 2.24) is 0 Å². The van der Waals surface area contributed by atoms with Gasteiger partial charge in [0.05, 0.1) is 11.4 Å². The molecule has 0 saturated carbocycles. The Kier molecular flexibility index (Phi) is 12.3. The molecule has 0 saturated heterocycles. The van der Waals surface area contributed by atoms with Crippen LogP contribution in [0.5, 0.6) is 0 Å². The van der Waals surface area contributed by atoms with Crippen LogP contribution in [-0.2, 0) is 0 Å². The summed E-state index contributed by atoms with van der Waals surface area (Å²) in [5, 5.41) is 6.74. The van der Waals surface area contributed by atoms with E-state index in [1.54, 1.807) is 0 Å². The zero-order valence-corrected chi connectivity index (χ0v) is 43.9. The van der Waals surface area contributed by atoms with Crippen molar-refractivity contribution >= 4 is 77.6 Å². The summed E-state index contributed by atoms with van der Waals surface area (Å²) >= 11 is 0. The molecule has 0 bridgehead atoms. The molecule has 13 rings (SSSR count). The Hall–Kier alpha value is -9.44. The highest BCUT2D eigenvalue weighted by atomic mass is 16.3. The Labute approximate surface area is 451 Å². The topological polar surface area (TPSA) is 19.6 Å². The lowest BCUT2D eigenvalue weighted by Crippen LogP contribution is -2.14. The molecule has 0 fully saturated rings. The van der Waals surface area contributed by atoms with Crippen LogP contribution in [0.4, 0.5) is 34.1 Å². The van der Waals surface area contributed by atoms with Gasteiger partial charge in [0.1, 0.15) is 11.2 Å². The molecule has 370 valence electrons. The van der Waals surface area contributed by atoms with Gasteiger partial charge in [-0.3, -0.25) is 0 Å². The van der Waals surface area contributed by atoms with E-state index in [1.165, 1.54) is 67.0 Å². The van der Waals surface area contributed by atoms with E-state index in [-0.39, 0.29) is 11.8 Å². The van der Waals surface area contributed by atoms with E-state index >= 15 is 0 Å². The molecule has 12 aromatic carbocycles. The first kappa shape index (κ1) is 47.3. The predicted molar refractivity (Wildman–Crippen MR) is 328 cm³/mol. The number of para-hydroxylation sites is 2. The minimum absolute atomic E-state index is 0.271. The zero-order chi connectivity index (χ0) is 52.0. The molecule has 1 aromatic heterocycles. The highest BCUT2D eigenvalue weighted by Crippen LogP contribution is 2.49. The summed E-state index contributed by atoms with van der Waals surface area (Å²) in [5.41, 5.74) is 20.5. The molecule has 3 nitrogen and oxygen atoms in total. The molecule has 13 aromatic rings. The van der Waals surface area contributed by atoms with Gasteiger partial charge in [-0.1, -0.05) is 222 Å². The van der Waals surface area contributed by atoms with E-state index in [9.17, 15) is 0 Å². The summed E-state index contributed by atoms with van der Waals surface area (Å²) in [6, 6.07) is 97.3. The molecule has 0 amide bonds. The molecule has 0 unspecified atom stereocenters. The van der Waals surface area contributed by atoms with Crippen molar-refractivity contribution in [2.24, 2.45) is 0 Å². The standard InChI is InChI=1S/C74H58N2O/c1-49(2)65-33-19-35-67(53-25-13-7-14-26-53)73(65)75(61-31-17-29-55(41-61)51-21-9-5-10-22-51)63-39-37-57-45-69-70-46-58-38-40-64(44-60(58)48-72(70)77-71(69)47-59(57)43-63)76(62-32-18-30-56(42-62)52-23-11-6-12-24-52)74-66(50(3)4)34-20-36-68(74)54-27-15-8-16-28-54/h5-50H,1-4H3. The fraction of sp³-hybridized carbons (Fsp3) is 0.0811. The van der Waals surface area contributed by atoms with E-state index < -0.39 is 0 Å². The predicted octanol–water partition coefficient (Wildman–Crippen LogP) is 21.7. The van der Waals surface area contributed by atoms with Gasteiger partial charge in [-0.05, 0) is 151 Å². The summed E-state index contributed by atoms with van der Waals surface area (Å²) in [6.45, 7) is 9.18. The minimum Gasteiger partial charge on any atom is -0.456 e.